The van der Waals surface area contributed by atoms with Crippen LogP contribution in [0.5, 0.6) is 11.5 Å². The van der Waals surface area contributed by atoms with Crippen molar-refractivity contribution in [2.24, 2.45) is 46.3 Å². The normalized spacial score (nSPS) is 26.9. The van der Waals surface area contributed by atoms with Crippen molar-refractivity contribution in [1.29, 1.82) is 0 Å². The van der Waals surface area contributed by atoms with Crippen molar-refractivity contribution in [3.63, 3.8) is 0 Å². The highest BCUT2D eigenvalue weighted by Gasteiger charge is 2.59. The maximum absolute atomic E-state index is 15.4. The highest BCUT2D eigenvalue weighted by Crippen LogP contribution is 2.67. The van der Waals surface area contributed by atoms with E-state index in [1.165, 1.54) is 140 Å². The highest BCUT2D eigenvalue weighted by atomic mass is 19.1. The zero-order valence-electron chi connectivity index (χ0n) is 40.5. The average Bonchev–Trinajstić information content (AvgIpc) is 3.62. The van der Waals surface area contributed by atoms with Crippen molar-refractivity contribution in [2.45, 2.75) is 208 Å². The quantitative estimate of drug-likeness (QED) is 0.0430. The number of allylic oxidation sites excluding steroid dienone is 1. The Morgan fingerprint density at radius 2 is 1.37 bits per heavy atom. The van der Waals surface area contributed by atoms with E-state index in [0.717, 1.165) is 74.2 Å². The van der Waals surface area contributed by atoms with Crippen LogP contribution in [0.3, 0.4) is 0 Å². The van der Waals surface area contributed by atoms with Crippen LogP contribution in [-0.4, -0.2) is 24.6 Å². The Morgan fingerprint density at radius 1 is 0.714 bits per heavy atom. The van der Waals surface area contributed by atoms with Gasteiger partial charge in [0.25, 0.3) is 0 Å². The third-order valence-electron chi connectivity index (χ3n) is 16.8. The van der Waals surface area contributed by atoms with E-state index >= 15 is 4.39 Å². The minimum Gasteiger partial charge on any atom is -0.494 e. The topological polar surface area (TPSA) is 61.8 Å². The number of esters is 2. The lowest BCUT2D eigenvalue weighted by atomic mass is 9.47. The van der Waals surface area contributed by atoms with Crippen molar-refractivity contribution in [3.05, 3.63) is 71.1 Å². The molecule has 0 radical (unpaired) electrons. The molecule has 0 bridgehead atoms. The van der Waals surface area contributed by atoms with Gasteiger partial charge in [0.15, 0.2) is 0 Å². The Hall–Kier alpha value is -3.15. The molecule has 0 saturated heterocycles. The second kappa shape index (κ2) is 23.9. The van der Waals surface area contributed by atoms with Crippen molar-refractivity contribution < 1.29 is 28.2 Å². The fourth-order valence-corrected chi connectivity index (χ4v) is 13.0. The van der Waals surface area contributed by atoms with Crippen LogP contribution in [0.15, 0.2) is 54.1 Å². The Kier molecular flexibility index (Phi) is 18.7. The minimum absolute atomic E-state index is 0.0419. The van der Waals surface area contributed by atoms with Gasteiger partial charge in [-0.25, -0.2) is 14.0 Å². The standard InChI is InChI=1S/C57H85FO5/c1-7-8-9-10-11-12-13-14-15-16-17-18-19-20-38-61-45-27-24-43(25-28-45)54(59)62-46-29-31-49(53(58)40-46)55(60)63-47-34-36-56(5)44(39-47)26-30-48-51-33-32-50(42(4)23-21-22-41(2)3)57(51,6)37-35-52(48)56/h24-29,31,40-42,47-48,50-52H,7-23,30,32-39H2,1-6H3/t42-,47+,48+,50-,51+,52+,56+,57-/m1/s1. The number of halogens is 1. The maximum Gasteiger partial charge on any atom is 0.343 e. The molecule has 2 aromatic rings. The largest absolute Gasteiger partial charge is 0.494 e. The summed E-state index contributed by atoms with van der Waals surface area (Å²) in [6.45, 7) is 15.3. The van der Waals surface area contributed by atoms with Gasteiger partial charge >= 0.3 is 11.9 Å². The number of benzene rings is 2. The Morgan fingerprint density at radius 3 is 2.02 bits per heavy atom. The summed E-state index contributed by atoms with van der Waals surface area (Å²) < 4.78 is 32.8. The van der Waals surface area contributed by atoms with Gasteiger partial charge in [-0.15, -0.1) is 0 Å². The van der Waals surface area contributed by atoms with E-state index in [2.05, 4.69) is 47.6 Å². The molecular weight excluding hydrogens is 784 g/mol. The summed E-state index contributed by atoms with van der Waals surface area (Å²) in [4.78, 5) is 26.3. The van der Waals surface area contributed by atoms with Crippen LogP contribution in [-0.2, 0) is 4.74 Å². The smallest absolute Gasteiger partial charge is 0.343 e. The summed E-state index contributed by atoms with van der Waals surface area (Å²) in [6, 6.07) is 10.8. The van der Waals surface area contributed by atoms with Gasteiger partial charge in [0.2, 0.25) is 0 Å². The molecule has 0 aromatic heterocycles. The molecule has 2 aromatic carbocycles. The SMILES string of the molecule is CCCCCCCCCCCCCCCCOc1ccc(C(=O)Oc2ccc(C(=O)O[C@H]3CC[C@@]4(C)C(=CC[C@H]5[C@@H]6CC[C@H]([C@H](C)CCCC(C)C)[C@@]6(C)CC[C@@H]54)C3)c(F)c2)cc1. The number of hydrogen-bond acceptors (Lipinski definition) is 5. The van der Waals surface area contributed by atoms with E-state index in [-0.39, 0.29) is 22.8 Å². The van der Waals surface area contributed by atoms with Gasteiger partial charge in [-0.3, -0.25) is 0 Å². The lowest BCUT2D eigenvalue weighted by molar-refractivity contribution is -0.0595. The van der Waals surface area contributed by atoms with E-state index in [4.69, 9.17) is 14.2 Å². The average molecular weight is 869 g/mol. The Labute approximate surface area is 382 Å². The zero-order chi connectivity index (χ0) is 44.8. The monoisotopic (exact) mass is 869 g/mol. The first-order chi connectivity index (χ1) is 30.4. The minimum atomic E-state index is -0.757. The van der Waals surface area contributed by atoms with Crippen molar-refractivity contribution >= 4 is 11.9 Å². The molecule has 6 rings (SSSR count). The van der Waals surface area contributed by atoms with Gasteiger partial charge in [0.05, 0.1) is 17.7 Å². The molecule has 0 heterocycles. The zero-order valence-corrected chi connectivity index (χ0v) is 40.5. The molecule has 3 saturated carbocycles. The van der Waals surface area contributed by atoms with Crippen molar-refractivity contribution in [2.75, 3.05) is 6.61 Å². The number of unbranched alkanes of at least 4 members (excludes halogenated alkanes) is 13. The van der Waals surface area contributed by atoms with Gasteiger partial charge in [-0.1, -0.05) is 156 Å². The van der Waals surface area contributed by atoms with Crippen molar-refractivity contribution in [1.82, 2.24) is 0 Å². The fraction of sp³-hybridized carbons (Fsp3) is 0.719. The molecule has 0 spiro atoms. The molecule has 4 aliphatic rings. The van der Waals surface area contributed by atoms with E-state index in [0.29, 0.717) is 29.3 Å². The van der Waals surface area contributed by atoms with Crippen LogP contribution in [0.4, 0.5) is 4.39 Å². The number of carbonyl (C=O) groups is 2. The summed E-state index contributed by atoms with van der Waals surface area (Å²) in [5.41, 5.74) is 2.25. The summed E-state index contributed by atoms with van der Waals surface area (Å²) in [5, 5.41) is 0. The first-order valence-electron chi connectivity index (χ1n) is 26.1. The third kappa shape index (κ3) is 13.0. The molecule has 0 aliphatic heterocycles. The predicted octanol–water partition coefficient (Wildman–Crippen LogP) is 16.5. The number of fused-ring (bicyclic) bond motifs is 5. The lowest BCUT2D eigenvalue weighted by Crippen LogP contribution is -2.51. The van der Waals surface area contributed by atoms with Crippen LogP contribution in [0.1, 0.15) is 223 Å². The van der Waals surface area contributed by atoms with Crippen LogP contribution >= 0.6 is 0 Å². The van der Waals surface area contributed by atoms with Gasteiger partial charge in [0.1, 0.15) is 23.4 Å². The molecule has 8 atom stereocenters. The first kappa shape index (κ1) is 49.3. The maximum atomic E-state index is 15.4. The number of ether oxygens (including phenoxy) is 3. The van der Waals surface area contributed by atoms with E-state index in [1.807, 2.05) is 0 Å². The number of carbonyl (C=O) groups excluding carboxylic acids is 2. The summed E-state index contributed by atoms with van der Waals surface area (Å²) in [6.07, 6.45) is 33.8. The highest BCUT2D eigenvalue weighted by molar-refractivity contribution is 5.92. The molecule has 63 heavy (non-hydrogen) atoms. The van der Waals surface area contributed by atoms with Gasteiger partial charge in [-0.2, -0.15) is 0 Å². The van der Waals surface area contributed by atoms with Crippen molar-refractivity contribution in [3.8, 4) is 11.5 Å². The fourth-order valence-electron chi connectivity index (χ4n) is 13.0. The molecule has 0 unspecified atom stereocenters. The molecule has 6 heteroatoms. The molecule has 3 fully saturated rings. The molecular formula is C57H85FO5. The lowest BCUT2D eigenvalue weighted by Gasteiger charge is -2.58. The third-order valence-corrected chi connectivity index (χ3v) is 16.8. The summed E-state index contributed by atoms with van der Waals surface area (Å²) in [5.74, 6) is 3.40. The first-order valence-corrected chi connectivity index (χ1v) is 26.1. The molecule has 4 aliphatic carbocycles. The summed E-state index contributed by atoms with van der Waals surface area (Å²) in [7, 11) is 0. The van der Waals surface area contributed by atoms with Crippen LogP contribution < -0.4 is 9.47 Å². The second-order valence-electron chi connectivity index (χ2n) is 21.6. The van der Waals surface area contributed by atoms with Crippen LogP contribution in [0.25, 0.3) is 0 Å². The molecule has 0 amide bonds. The Balaban J connectivity index is 0.895. The van der Waals surface area contributed by atoms with Gasteiger partial charge < -0.3 is 14.2 Å². The Bertz CT molecular complexity index is 1770. The summed E-state index contributed by atoms with van der Waals surface area (Å²) >= 11 is 0. The van der Waals surface area contributed by atoms with E-state index < -0.39 is 17.8 Å². The molecule has 0 N–H and O–H groups in total. The van der Waals surface area contributed by atoms with E-state index in [1.54, 1.807) is 24.3 Å². The van der Waals surface area contributed by atoms with Gasteiger partial charge in [0, 0.05) is 12.5 Å². The van der Waals surface area contributed by atoms with Gasteiger partial charge in [-0.05, 0) is 134 Å². The van der Waals surface area contributed by atoms with Crippen LogP contribution in [0.2, 0.25) is 0 Å². The van der Waals surface area contributed by atoms with Crippen LogP contribution in [0, 0.1) is 52.2 Å². The predicted molar refractivity (Wildman–Crippen MR) is 256 cm³/mol. The second-order valence-corrected chi connectivity index (χ2v) is 21.6. The van der Waals surface area contributed by atoms with E-state index in [9.17, 15) is 9.59 Å². The number of hydrogen-bond donors (Lipinski definition) is 0. The number of rotatable bonds is 25. The molecule has 5 nitrogen and oxygen atoms in total. The molecule has 350 valence electrons.